The van der Waals surface area contributed by atoms with Crippen LogP contribution in [0.15, 0.2) is 30.3 Å². The summed E-state index contributed by atoms with van der Waals surface area (Å²) in [6.07, 6.45) is 0.0526. The van der Waals surface area contributed by atoms with E-state index in [0.717, 1.165) is 5.56 Å². The van der Waals surface area contributed by atoms with E-state index in [1.807, 2.05) is 18.2 Å². The second-order valence-corrected chi connectivity index (χ2v) is 3.24. The largest absolute Gasteiger partial charge is 0.462 e. The Labute approximate surface area is 76.0 Å². The summed E-state index contributed by atoms with van der Waals surface area (Å²) in [6.45, 7) is 0.0653. The third-order valence-corrected chi connectivity index (χ3v) is 2.22. The molecule has 1 saturated heterocycles. The van der Waals surface area contributed by atoms with Gasteiger partial charge >= 0.3 is 5.97 Å². The van der Waals surface area contributed by atoms with Crippen molar-refractivity contribution in [1.82, 2.24) is 0 Å². The molecule has 0 amide bonds. The van der Waals surface area contributed by atoms with Crippen LogP contribution >= 0.6 is 0 Å². The molecule has 3 heteroatoms. The summed E-state index contributed by atoms with van der Waals surface area (Å²) in [4.78, 5) is 10.8. The molecule has 1 fully saturated rings. The number of ether oxygens (including phenoxy) is 1. The Hall–Kier alpha value is -1.35. The zero-order valence-electron chi connectivity index (χ0n) is 7.06. The third-order valence-electron chi connectivity index (χ3n) is 2.22. The van der Waals surface area contributed by atoms with E-state index in [-0.39, 0.29) is 19.0 Å². The van der Waals surface area contributed by atoms with Crippen LogP contribution in [0.4, 0.5) is 0 Å². The molecule has 3 nitrogen and oxygen atoms in total. The zero-order chi connectivity index (χ0) is 9.31. The first-order valence-electron chi connectivity index (χ1n) is 4.14. The van der Waals surface area contributed by atoms with Gasteiger partial charge in [0, 0.05) is 0 Å². The van der Waals surface area contributed by atoms with Gasteiger partial charge in [-0.05, 0) is 5.56 Å². The summed E-state index contributed by atoms with van der Waals surface area (Å²) >= 11 is 0. The van der Waals surface area contributed by atoms with E-state index in [0.29, 0.717) is 0 Å². The topological polar surface area (TPSA) is 46.5 Å². The Morgan fingerprint density at radius 3 is 2.54 bits per heavy atom. The molecule has 1 heterocycles. The first-order chi connectivity index (χ1) is 6.21. The lowest BCUT2D eigenvalue weighted by atomic mass is 9.93. The SMILES string of the molecule is O=C1CC(O)(c2ccccc2)CO1. The van der Waals surface area contributed by atoms with E-state index >= 15 is 0 Å². The Morgan fingerprint density at radius 1 is 1.31 bits per heavy atom. The second kappa shape index (κ2) is 2.85. The maximum absolute atomic E-state index is 10.8. The molecule has 0 spiro atoms. The molecule has 1 N–H and O–H groups in total. The zero-order valence-corrected chi connectivity index (χ0v) is 7.06. The van der Waals surface area contributed by atoms with Gasteiger partial charge in [-0.25, -0.2) is 0 Å². The molecule has 0 radical (unpaired) electrons. The summed E-state index contributed by atoms with van der Waals surface area (Å²) in [5.74, 6) is -0.341. The second-order valence-electron chi connectivity index (χ2n) is 3.24. The van der Waals surface area contributed by atoms with Gasteiger partial charge in [0.15, 0.2) is 0 Å². The van der Waals surface area contributed by atoms with Crippen LogP contribution in [0.5, 0.6) is 0 Å². The highest BCUT2D eigenvalue weighted by Gasteiger charge is 2.39. The normalized spacial score (nSPS) is 27.3. The van der Waals surface area contributed by atoms with Gasteiger partial charge in [0.1, 0.15) is 12.2 Å². The van der Waals surface area contributed by atoms with Crippen LogP contribution in [0.25, 0.3) is 0 Å². The first-order valence-corrected chi connectivity index (χ1v) is 4.14. The maximum Gasteiger partial charge on any atom is 0.309 e. The summed E-state index contributed by atoms with van der Waals surface area (Å²) in [7, 11) is 0. The molecular weight excluding hydrogens is 168 g/mol. The number of esters is 1. The Balaban J connectivity index is 2.31. The number of cyclic esters (lactones) is 1. The van der Waals surface area contributed by atoms with Crippen molar-refractivity contribution in [3.8, 4) is 0 Å². The van der Waals surface area contributed by atoms with Gasteiger partial charge < -0.3 is 9.84 Å². The van der Waals surface area contributed by atoms with Crippen molar-refractivity contribution in [3.05, 3.63) is 35.9 Å². The van der Waals surface area contributed by atoms with E-state index < -0.39 is 5.60 Å². The lowest BCUT2D eigenvalue weighted by Gasteiger charge is -2.18. The predicted octanol–water partition coefficient (Wildman–Crippen LogP) is 0.821. The average molecular weight is 178 g/mol. The van der Waals surface area contributed by atoms with Crippen molar-refractivity contribution in [2.75, 3.05) is 6.61 Å². The van der Waals surface area contributed by atoms with Crippen LogP contribution in [0.2, 0.25) is 0 Å². The number of aliphatic hydroxyl groups is 1. The van der Waals surface area contributed by atoms with Gasteiger partial charge in [-0.3, -0.25) is 4.79 Å². The fourth-order valence-electron chi connectivity index (χ4n) is 1.47. The molecule has 1 aliphatic heterocycles. The molecule has 1 aromatic carbocycles. The van der Waals surface area contributed by atoms with E-state index in [9.17, 15) is 9.90 Å². The number of benzene rings is 1. The van der Waals surface area contributed by atoms with Gasteiger partial charge in [-0.1, -0.05) is 30.3 Å². The molecule has 1 aliphatic rings. The number of carbonyl (C=O) groups excluding carboxylic acids is 1. The van der Waals surface area contributed by atoms with Gasteiger partial charge in [-0.15, -0.1) is 0 Å². The van der Waals surface area contributed by atoms with Crippen molar-refractivity contribution in [1.29, 1.82) is 0 Å². The molecular formula is C10H10O3. The molecule has 2 rings (SSSR count). The van der Waals surface area contributed by atoms with Crippen LogP contribution in [-0.2, 0) is 15.1 Å². The van der Waals surface area contributed by atoms with E-state index in [4.69, 9.17) is 4.74 Å². The smallest absolute Gasteiger partial charge is 0.309 e. The molecule has 1 atom stereocenters. The number of rotatable bonds is 1. The summed E-state index contributed by atoms with van der Waals surface area (Å²) in [5.41, 5.74) is -0.376. The molecule has 1 aromatic rings. The third kappa shape index (κ3) is 1.42. The van der Waals surface area contributed by atoms with Crippen LogP contribution < -0.4 is 0 Å². The van der Waals surface area contributed by atoms with Crippen LogP contribution in [-0.4, -0.2) is 17.7 Å². The van der Waals surface area contributed by atoms with Crippen LogP contribution in [0.1, 0.15) is 12.0 Å². The fourth-order valence-corrected chi connectivity index (χ4v) is 1.47. The molecule has 68 valence electrons. The van der Waals surface area contributed by atoms with Gasteiger partial charge in [0.2, 0.25) is 0 Å². The lowest BCUT2D eigenvalue weighted by molar-refractivity contribution is -0.137. The van der Waals surface area contributed by atoms with Gasteiger partial charge in [0.05, 0.1) is 6.42 Å². The Bertz CT molecular complexity index is 320. The van der Waals surface area contributed by atoms with Gasteiger partial charge in [-0.2, -0.15) is 0 Å². The molecule has 13 heavy (non-hydrogen) atoms. The number of hydrogen-bond acceptors (Lipinski definition) is 3. The number of carbonyl (C=O) groups is 1. The average Bonchev–Trinajstić information content (AvgIpc) is 2.49. The summed E-state index contributed by atoms with van der Waals surface area (Å²) in [6, 6.07) is 9.11. The van der Waals surface area contributed by atoms with Crippen molar-refractivity contribution >= 4 is 5.97 Å². The minimum absolute atomic E-state index is 0.0526. The lowest BCUT2D eigenvalue weighted by Crippen LogP contribution is -2.25. The Morgan fingerprint density at radius 2 is 2.00 bits per heavy atom. The first kappa shape index (κ1) is 8.26. The Kier molecular flexibility index (Phi) is 1.81. The monoisotopic (exact) mass is 178 g/mol. The summed E-state index contributed by atoms with van der Waals surface area (Å²) < 4.78 is 4.73. The molecule has 1 unspecified atom stereocenters. The van der Waals surface area contributed by atoms with Crippen molar-refractivity contribution < 1.29 is 14.6 Å². The van der Waals surface area contributed by atoms with Crippen LogP contribution in [0.3, 0.4) is 0 Å². The van der Waals surface area contributed by atoms with Crippen molar-refractivity contribution in [2.24, 2.45) is 0 Å². The fraction of sp³-hybridized carbons (Fsp3) is 0.300. The van der Waals surface area contributed by atoms with E-state index in [2.05, 4.69) is 0 Å². The summed E-state index contributed by atoms with van der Waals surface area (Å²) in [5, 5.41) is 9.99. The maximum atomic E-state index is 10.8. The predicted molar refractivity (Wildman–Crippen MR) is 45.9 cm³/mol. The molecule has 0 saturated carbocycles. The quantitative estimate of drug-likeness (QED) is 0.647. The van der Waals surface area contributed by atoms with Crippen molar-refractivity contribution in [3.63, 3.8) is 0 Å². The van der Waals surface area contributed by atoms with E-state index in [1.165, 1.54) is 0 Å². The minimum atomic E-state index is -1.11. The minimum Gasteiger partial charge on any atom is -0.462 e. The van der Waals surface area contributed by atoms with Gasteiger partial charge in [0.25, 0.3) is 0 Å². The highest BCUT2D eigenvalue weighted by molar-refractivity contribution is 5.73. The highest BCUT2D eigenvalue weighted by atomic mass is 16.6. The molecule has 0 aliphatic carbocycles. The van der Waals surface area contributed by atoms with E-state index in [1.54, 1.807) is 12.1 Å². The van der Waals surface area contributed by atoms with Crippen molar-refractivity contribution in [2.45, 2.75) is 12.0 Å². The number of hydrogen-bond donors (Lipinski definition) is 1. The molecule has 0 aromatic heterocycles. The highest BCUT2D eigenvalue weighted by Crippen LogP contribution is 2.30. The molecule has 0 bridgehead atoms. The van der Waals surface area contributed by atoms with Crippen LogP contribution in [0, 0.1) is 0 Å². The standard InChI is InChI=1S/C10H10O3/c11-9-6-10(12,7-13-9)8-4-2-1-3-5-8/h1-5,12H,6-7H2.